The van der Waals surface area contributed by atoms with Crippen molar-refractivity contribution in [3.8, 4) is 0 Å². The minimum atomic E-state index is -0.247. The van der Waals surface area contributed by atoms with E-state index in [-0.39, 0.29) is 5.91 Å². The van der Waals surface area contributed by atoms with Gasteiger partial charge in [-0.3, -0.25) is 4.79 Å². The number of halogens is 2. The van der Waals surface area contributed by atoms with E-state index >= 15 is 0 Å². The summed E-state index contributed by atoms with van der Waals surface area (Å²) in [5, 5.41) is 6.91. The maximum Gasteiger partial charge on any atom is 0.259 e. The van der Waals surface area contributed by atoms with Gasteiger partial charge in [-0.1, -0.05) is 49.2 Å². The first-order chi connectivity index (χ1) is 12.9. The fourth-order valence-corrected chi connectivity index (χ4v) is 2.85. The zero-order valence-corrected chi connectivity index (χ0v) is 16.5. The van der Waals surface area contributed by atoms with Crippen molar-refractivity contribution in [2.45, 2.75) is 19.8 Å². The van der Waals surface area contributed by atoms with Crippen LogP contribution < -0.4 is 10.6 Å². The van der Waals surface area contributed by atoms with Gasteiger partial charge in [0.25, 0.3) is 5.91 Å². The van der Waals surface area contributed by atoms with Crippen molar-refractivity contribution >= 4 is 46.3 Å². The summed E-state index contributed by atoms with van der Waals surface area (Å²) in [6.45, 7) is 4.26. The van der Waals surface area contributed by atoms with Crippen LogP contribution in [0.25, 0.3) is 0 Å². The second-order valence-corrected chi connectivity index (χ2v) is 7.20. The van der Waals surface area contributed by atoms with Crippen LogP contribution in [-0.2, 0) is 0 Å². The molecule has 3 rings (SSSR count). The molecule has 1 heterocycles. The summed E-state index contributed by atoms with van der Waals surface area (Å²) in [5.74, 6) is 0.630. The summed E-state index contributed by atoms with van der Waals surface area (Å²) in [5.41, 5.74) is 3.07. The quantitative estimate of drug-likeness (QED) is 0.514. The average molecular weight is 400 g/mol. The molecule has 0 atom stereocenters. The van der Waals surface area contributed by atoms with Crippen LogP contribution in [0.2, 0.25) is 10.0 Å². The topological polar surface area (TPSA) is 54.0 Å². The fourth-order valence-electron chi connectivity index (χ4n) is 2.55. The van der Waals surface area contributed by atoms with Crippen LogP contribution >= 0.6 is 23.2 Å². The number of aromatic nitrogens is 1. The molecule has 0 spiro atoms. The highest BCUT2D eigenvalue weighted by atomic mass is 35.5. The van der Waals surface area contributed by atoms with Gasteiger partial charge < -0.3 is 10.6 Å². The lowest BCUT2D eigenvalue weighted by Crippen LogP contribution is -2.14. The average Bonchev–Trinajstić information content (AvgIpc) is 2.65. The van der Waals surface area contributed by atoms with Gasteiger partial charge in [0.2, 0.25) is 0 Å². The summed E-state index contributed by atoms with van der Waals surface area (Å²) >= 11 is 12.0. The normalized spacial score (nSPS) is 10.7. The van der Waals surface area contributed by atoms with Crippen molar-refractivity contribution in [3.63, 3.8) is 0 Å². The molecule has 4 nitrogen and oxygen atoms in total. The lowest BCUT2D eigenvalue weighted by Gasteiger charge is -2.12. The summed E-state index contributed by atoms with van der Waals surface area (Å²) in [6, 6.07) is 16.4. The number of hydrogen-bond donors (Lipinski definition) is 2. The van der Waals surface area contributed by atoms with Gasteiger partial charge in [-0.15, -0.1) is 0 Å². The van der Waals surface area contributed by atoms with Gasteiger partial charge in [0.05, 0.1) is 15.6 Å². The Bertz CT molecular complexity index is 956. The Morgan fingerprint density at radius 3 is 2.33 bits per heavy atom. The van der Waals surface area contributed by atoms with Crippen molar-refractivity contribution in [1.29, 1.82) is 0 Å². The van der Waals surface area contributed by atoms with E-state index in [1.54, 1.807) is 36.5 Å². The van der Waals surface area contributed by atoms with Crippen LogP contribution in [-0.4, -0.2) is 10.9 Å². The first kappa shape index (κ1) is 19.2. The van der Waals surface area contributed by atoms with Crippen LogP contribution in [0.4, 0.5) is 17.2 Å². The van der Waals surface area contributed by atoms with Crippen LogP contribution in [0, 0.1) is 0 Å². The first-order valence-corrected chi connectivity index (χ1v) is 9.28. The second kappa shape index (κ2) is 8.42. The molecule has 2 N–H and O–H groups in total. The molecule has 0 radical (unpaired) electrons. The molecule has 0 bridgehead atoms. The van der Waals surface area contributed by atoms with Gasteiger partial charge in [0, 0.05) is 17.6 Å². The predicted octanol–water partition coefficient (Wildman–Crippen LogP) is 6.51. The number of anilines is 3. The monoisotopic (exact) mass is 399 g/mol. The van der Waals surface area contributed by atoms with Gasteiger partial charge >= 0.3 is 0 Å². The number of rotatable bonds is 5. The molecule has 1 amide bonds. The first-order valence-electron chi connectivity index (χ1n) is 8.52. The van der Waals surface area contributed by atoms with Crippen molar-refractivity contribution in [2.24, 2.45) is 0 Å². The third-order valence-electron chi connectivity index (χ3n) is 4.07. The second-order valence-electron chi connectivity index (χ2n) is 6.38. The van der Waals surface area contributed by atoms with Crippen LogP contribution in [0.5, 0.6) is 0 Å². The zero-order chi connectivity index (χ0) is 19.4. The van der Waals surface area contributed by atoms with Crippen molar-refractivity contribution < 1.29 is 4.79 Å². The molecular formula is C21H19Cl2N3O. The Hall–Kier alpha value is -2.56. The van der Waals surface area contributed by atoms with Crippen LogP contribution in [0.3, 0.4) is 0 Å². The van der Waals surface area contributed by atoms with Gasteiger partial charge in [-0.25, -0.2) is 4.98 Å². The summed E-state index contributed by atoms with van der Waals surface area (Å²) < 4.78 is 0. The predicted molar refractivity (Wildman–Crippen MR) is 112 cm³/mol. The van der Waals surface area contributed by atoms with Crippen molar-refractivity contribution in [2.75, 3.05) is 10.6 Å². The number of pyridine rings is 1. The molecule has 0 saturated heterocycles. The Morgan fingerprint density at radius 1 is 0.963 bits per heavy atom. The van der Waals surface area contributed by atoms with E-state index in [9.17, 15) is 4.79 Å². The van der Waals surface area contributed by atoms with E-state index in [1.165, 1.54) is 5.56 Å². The summed E-state index contributed by atoms with van der Waals surface area (Å²) in [4.78, 5) is 17.0. The molecule has 0 aliphatic heterocycles. The van der Waals surface area contributed by atoms with E-state index < -0.39 is 0 Å². The molecule has 1 aromatic heterocycles. The number of hydrogen-bond acceptors (Lipinski definition) is 3. The highest BCUT2D eigenvalue weighted by Crippen LogP contribution is 2.27. The highest BCUT2D eigenvalue weighted by molar-refractivity contribution is 6.42. The molecule has 0 unspecified atom stereocenters. The molecule has 0 aliphatic carbocycles. The van der Waals surface area contributed by atoms with Crippen molar-refractivity contribution in [1.82, 2.24) is 4.98 Å². The molecular weight excluding hydrogens is 381 g/mol. The van der Waals surface area contributed by atoms with Gasteiger partial charge in [0.15, 0.2) is 0 Å². The smallest absolute Gasteiger partial charge is 0.259 e. The molecule has 6 heteroatoms. The molecule has 138 valence electrons. The van der Waals surface area contributed by atoms with Gasteiger partial charge in [-0.2, -0.15) is 0 Å². The molecule has 0 saturated carbocycles. The number of amides is 1. The van der Waals surface area contributed by atoms with E-state index in [0.717, 1.165) is 5.69 Å². The molecule has 2 aromatic carbocycles. The van der Waals surface area contributed by atoms with E-state index in [1.807, 2.05) is 24.3 Å². The number of carbonyl (C=O) groups is 1. The van der Waals surface area contributed by atoms with Crippen molar-refractivity contribution in [3.05, 3.63) is 82.0 Å². The Kier molecular flexibility index (Phi) is 5.99. The van der Waals surface area contributed by atoms with E-state index in [0.29, 0.717) is 33.0 Å². The van der Waals surface area contributed by atoms with Crippen LogP contribution in [0.15, 0.2) is 60.8 Å². The number of carbonyl (C=O) groups excluding carboxylic acids is 1. The fraction of sp³-hybridized carbons (Fsp3) is 0.143. The molecule has 3 aromatic rings. The highest BCUT2D eigenvalue weighted by Gasteiger charge is 2.13. The Morgan fingerprint density at radius 2 is 1.67 bits per heavy atom. The lowest BCUT2D eigenvalue weighted by atomic mass is 10.0. The summed E-state index contributed by atoms with van der Waals surface area (Å²) in [7, 11) is 0. The lowest BCUT2D eigenvalue weighted by molar-refractivity contribution is 0.102. The number of nitrogens with zero attached hydrogens (tertiary/aromatic N) is 1. The molecule has 27 heavy (non-hydrogen) atoms. The SMILES string of the molecule is CC(C)c1ccc(NC(=O)c2cccnc2Nc2ccc(Cl)c(Cl)c2)cc1. The standard InChI is InChI=1S/C21H19Cl2N3O/c1-13(2)14-5-7-15(8-6-14)26-21(27)17-4-3-11-24-20(17)25-16-9-10-18(22)19(23)12-16/h3-13H,1-2H3,(H,24,25)(H,26,27). The number of nitrogens with one attached hydrogen (secondary N) is 2. The Balaban J connectivity index is 1.80. The zero-order valence-electron chi connectivity index (χ0n) is 15.0. The molecule has 0 aliphatic rings. The van der Waals surface area contributed by atoms with E-state index in [2.05, 4.69) is 29.5 Å². The van der Waals surface area contributed by atoms with Gasteiger partial charge in [-0.05, 0) is 53.9 Å². The van der Waals surface area contributed by atoms with Crippen LogP contribution in [0.1, 0.15) is 35.7 Å². The largest absolute Gasteiger partial charge is 0.340 e. The molecule has 0 fully saturated rings. The maximum absolute atomic E-state index is 12.7. The number of benzene rings is 2. The third kappa shape index (κ3) is 4.79. The minimum absolute atomic E-state index is 0.247. The third-order valence-corrected chi connectivity index (χ3v) is 4.81. The Labute approximate surface area is 168 Å². The maximum atomic E-state index is 12.7. The summed E-state index contributed by atoms with van der Waals surface area (Å²) in [6.07, 6.45) is 1.62. The van der Waals surface area contributed by atoms with Gasteiger partial charge in [0.1, 0.15) is 5.82 Å². The van der Waals surface area contributed by atoms with E-state index in [4.69, 9.17) is 23.2 Å². The minimum Gasteiger partial charge on any atom is -0.340 e.